The summed E-state index contributed by atoms with van der Waals surface area (Å²) in [6.07, 6.45) is 1.54. The summed E-state index contributed by atoms with van der Waals surface area (Å²) in [5, 5.41) is 15.9. The Morgan fingerprint density at radius 1 is 1.12 bits per heavy atom. The van der Waals surface area contributed by atoms with Crippen molar-refractivity contribution in [2.45, 2.75) is 76.3 Å². The average molecular weight is 568 g/mol. The summed E-state index contributed by atoms with van der Waals surface area (Å²) in [6, 6.07) is 8.55. The van der Waals surface area contributed by atoms with Gasteiger partial charge in [0.2, 0.25) is 11.8 Å². The average Bonchev–Trinajstić information content (AvgIpc) is 3.42. The number of aliphatic hydroxyl groups excluding tert-OH is 1. The third-order valence-corrected chi connectivity index (χ3v) is 6.39. The van der Waals surface area contributed by atoms with Crippen LogP contribution in [0.15, 0.2) is 54.9 Å². The summed E-state index contributed by atoms with van der Waals surface area (Å²) < 4.78 is 5.46. The second kappa shape index (κ2) is 14.0. The molecule has 3 rings (SSSR count). The first-order valence-corrected chi connectivity index (χ1v) is 13.4. The number of ether oxygens (including phenoxy) is 1. The Balaban J connectivity index is 1.69. The number of likely N-dealkylation sites (tertiary alicyclic amines) is 1. The minimum atomic E-state index is -1.71. The number of amides is 4. The van der Waals surface area contributed by atoms with Gasteiger partial charge in [-0.2, -0.15) is 0 Å². The van der Waals surface area contributed by atoms with Gasteiger partial charge in [0.05, 0.1) is 24.1 Å². The van der Waals surface area contributed by atoms with Crippen molar-refractivity contribution >= 4 is 29.6 Å². The lowest BCUT2D eigenvalue weighted by molar-refractivity contribution is -0.165. The zero-order valence-corrected chi connectivity index (χ0v) is 23.4. The molecule has 0 saturated carbocycles. The van der Waals surface area contributed by atoms with Crippen LogP contribution in [0.4, 0.5) is 0 Å². The molecule has 2 unspecified atom stereocenters. The molecule has 5 N–H and O–H groups in total. The number of aromatic nitrogens is 1. The fourth-order valence-electron chi connectivity index (χ4n) is 4.43. The summed E-state index contributed by atoms with van der Waals surface area (Å²) in [7, 11) is 0. The number of carbonyl (C=O) groups is 5. The number of rotatable bonds is 10. The van der Waals surface area contributed by atoms with Crippen LogP contribution >= 0.6 is 0 Å². The third kappa shape index (κ3) is 9.19. The molecular formula is C29H37N5O7. The quantitative estimate of drug-likeness (QED) is 0.297. The minimum absolute atomic E-state index is 0.0723. The highest BCUT2D eigenvalue weighted by atomic mass is 16.6. The van der Waals surface area contributed by atoms with Crippen LogP contribution in [0.1, 0.15) is 56.0 Å². The van der Waals surface area contributed by atoms with Gasteiger partial charge in [-0.15, -0.1) is 0 Å². The first-order chi connectivity index (χ1) is 19.4. The molecule has 0 aliphatic carbocycles. The molecule has 12 nitrogen and oxygen atoms in total. The number of nitrogens with one attached hydrogen (secondary N) is 2. The van der Waals surface area contributed by atoms with Gasteiger partial charge >= 0.3 is 5.97 Å². The van der Waals surface area contributed by atoms with E-state index >= 15 is 0 Å². The maximum absolute atomic E-state index is 13.4. The molecule has 41 heavy (non-hydrogen) atoms. The first kappa shape index (κ1) is 31.4. The van der Waals surface area contributed by atoms with Crippen molar-refractivity contribution in [1.29, 1.82) is 0 Å². The lowest BCUT2D eigenvalue weighted by atomic mass is 9.99. The van der Waals surface area contributed by atoms with Crippen molar-refractivity contribution in [3.05, 3.63) is 66.0 Å². The molecule has 12 heteroatoms. The molecule has 2 heterocycles. The Morgan fingerprint density at radius 2 is 1.83 bits per heavy atom. The van der Waals surface area contributed by atoms with E-state index in [0.717, 1.165) is 5.56 Å². The van der Waals surface area contributed by atoms with Crippen molar-refractivity contribution in [3.8, 4) is 0 Å². The Labute approximate surface area is 238 Å². The topological polar surface area (TPSA) is 181 Å². The minimum Gasteiger partial charge on any atom is -0.458 e. The summed E-state index contributed by atoms with van der Waals surface area (Å²) >= 11 is 0. The molecule has 1 aromatic heterocycles. The molecule has 1 fully saturated rings. The van der Waals surface area contributed by atoms with E-state index in [2.05, 4.69) is 15.6 Å². The molecule has 0 spiro atoms. The predicted octanol–water partition coefficient (Wildman–Crippen LogP) is 0.477. The van der Waals surface area contributed by atoms with Crippen LogP contribution < -0.4 is 16.4 Å². The maximum Gasteiger partial charge on any atom is 0.329 e. The van der Waals surface area contributed by atoms with Gasteiger partial charge in [-0.05, 0) is 57.7 Å². The first-order valence-electron chi connectivity index (χ1n) is 13.4. The molecule has 1 aliphatic rings. The SMILES string of the molecule is CC(C)(C)OC(=O)[C@@H]1CCCN1C(=O)C(O)C(Cc1ccccc1)NC(=O)[C@@H](N)CC(=O)NC(=O)c1cccnc1. The number of carbonyl (C=O) groups excluding carboxylic acids is 5. The molecule has 2 aromatic rings. The molecule has 4 amide bonds. The van der Waals surface area contributed by atoms with Gasteiger partial charge in [0, 0.05) is 18.9 Å². The number of esters is 1. The fraction of sp³-hybridized carbons (Fsp3) is 0.448. The number of hydrogen-bond acceptors (Lipinski definition) is 9. The zero-order chi connectivity index (χ0) is 30.2. The van der Waals surface area contributed by atoms with Gasteiger partial charge in [-0.25, -0.2) is 4.79 Å². The van der Waals surface area contributed by atoms with Crippen LogP contribution in [0.3, 0.4) is 0 Å². The normalized spacial score (nSPS) is 17.2. The molecule has 1 saturated heterocycles. The third-order valence-electron chi connectivity index (χ3n) is 6.39. The molecule has 1 aliphatic heterocycles. The number of pyridine rings is 1. The standard InChI is InChI=1S/C29H37N5O7/c1-29(2,3)41-28(40)22-12-8-14-34(22)27(39)24(36)21(15-18-9-5-4-6-10-18)32-26(38)20(30)16-23(35)33-25(37)19-11-7-13-31-17-19/h4-7,9-11,13,17,20-22,24,36H,8,12,14-16,30H2,1-3H3,(H,32,38)(H,33,35,37)/t20-,21?,22-,24?/m0/s1. The molecule has 0 bridgehead atoms. The van der Waals surface area contributed by atoms with Crippen LogP contribution in [0.5, 0.6) is 0 Å². The summed E-state index contributed by atoms with van der Waals surface area (Å²) in [5.74, 6) is -3.56. The lowest BCUT2D eigenvalue weighted by Crippen LogP contribution is -2.57. The van der Waals surface area contributed by atoms with Gasteiger partial charge in [-0.1, -0.05) is 30.3 Å². The van der Waals surface area contributed by atoms with Crippen molar-refractivity contribution in [1.82, 2.24) is 20.5 Å². The highest BCUT2D eigenvalue weighted by Crippen LogP contribution is 2.23. The van der Waals surface area contributed by atoms with E-state index in [9.17, 15) is 29.1 Å². The Bertz CT molecular complexity index is 1230. The number of aliphatic hydroxyl groups is 1. The van der Waals surface area contributed by atoms with E-state index in [4.69, 9.17) is 10.5 Å². The van der Waals surface area contributed by atoms with Crippen LogP contribution in [0, 0.1) is 0 Å². The van der Waals surface area contributed by atoms with Crippen molar-refractivity contribution in [3.63, 3.8) is 0 Å². The van der Waals surface area contributed by atoms with Crippen LogP contribution in [-0.4, -0.2) is 81.0 Å². The van der Waals surface area contributed by atoms with Gasteiger partial charge in [-0.3, -0.25) is 29.5 Å². The number of benzene rings is 1. The Hall–Kier alpha value is -4.16. The highest BCUT2D eigenvalue weighted by molar-refractivity contribution is 6.05. The molecule has 0 radical (unpaired) electrons. The van der Waals surface area contributed by atoms with Crippen LogP contribution in [0.25, 0.3) is 0 Å². The molecule has 220 valence electrons. The van der Waals surface area contributed by atoms with E-state index in [1.807, 2.05) is 0 Å². The van der Waals surface area contributed by atoms with Crippen molar-refractivity contribution < 1.29 is 33.8 Å². The van der Waals surface area contributed by atoms with Crippen molar-refractivity contribution in [2.24, 2.45) is 5.73 Å². The molecule has 1 aromatic carbocycles. The Kier molecular flexibility index (Phi) is 10.7. The van der Waals surface area contributed by atoms with E-state index < -0.39 is 65.8 Å². The second-order valence-electron chi connectivity index (χ2n) is 10.9. The number of nitrogens with two attached hydrogens (primary N) is 1. The van der Waals surface area contributed by atoms with Crippen molar-refractivity contribution in [2.75, 3.05) is 6.54 Å². The number of imide groups is 1. The summed E-state index contributed by atoms with van der Waals surface area (Å²) in [5.41, 5.74) is 6.10. The van der Waals surface area contributed by atoms with E-state index in [1.165, 1.54) is 29.4 Å². The maximum atomic E-state index is 13.4. The monoisotopic (exact) mass is 567 g/mol. The smallest absolute Gasteiger partial charge is 0.329 e. The zero-order valence-electron chi connectivity index (χ0n) is 23.4. The predicted molar refractivity (Wildman–Crippen MR) is 148 cm³/mol. The van der Waals surface area contributed by atoms with Gasteiger partial charge in [0.25, 0.3) is 11.8 Å². The number of hydrogen-bond donors (Lipinski definition) is 4. The molecule has 4 atom stereocenters. The van der Waals surface area contributed by atoms with Crippen LogP contribution in [-0.2, 0) is 30.3 Å². The van der Waals surface area contributed by atoms with Gasteiger partial charge in [0.1, 0.15) is 11.6 Å². The van der Waals surface area contributed by atoms with E-state index in [1.54, 1.807) is 51.1 Å². The van der Waals surface area contributed by atoms with E-state index in [-0.39, 0.29) is 18.5 Å². The lowest BCUT2D eigenvalue weighted by Gasteiger charge is -2.31. The fourth-order valence-corrected chi connectivity index (χ4v) is 4.43. The number of nitrogens with zero attached hydrogens (tertiary/aromatic N) is 2. The van der Waals surface area contributed by atoms with Crippen LogP contribution in [0.2, 0.25) is 0 Å². The summed E-state index contributed by atoms with van der Waals surface area (Å²) in [6.45, 7) is 5.43. The summed E-state index contributed by atoms with van der Waals surface area (Å²) in [4.78, 5) is 68.8. The highest BCUT2D eigenvalue weighted by Gasteiger charge is 2.41. The van der Waals surface area contributed by atoms with Gasteiger partial charge < -0.3 is 25.8 Å². The Morgan fingerprint density at radius 3 is 2.46 bits per heavy atom. The van der Waals surface area contributed by atoms with E-state index in [0.29, 0.717) is 12.8 Å². The van der Waals surface area contributed by atoms with Gasteiger partial charge in [0.15, 0.2) is 6.10 Å². The molecular weight excluding hydrogens is 530 g/mol. The largest absolute Gasteiger partial charge is 0.458 e. The second-order valence-corrected chi connectivity index (χ2v) is 10.9.